The van der Waals surface area contributed by atoms with E-state index in [2.05, 4.69) is 15.0 Å². The van der Waals surface area contributed by atoms with Crippen LogP contribution in [0.15, 0.2) is 52.7 Å². The molecule has 3 aromatic rings. The SMILES string of the molecule is Cc1nc(-c2cccc(NS(=O)(=O)c3ccc4c(c3)CCC(=O)N4)c2)cs1. The zero-order chi connectivity index (χ0) is 19.0. The molecule has 0 spiro atoms. The van der Waals surface area contributed by atoms with Crippen LogP contribution in [0.2, 0.25) is 0 Å². The van der Waals surface area contributed by atoms with E-state index >= 15 is 0 Å². The van der Waals surface area contributed by atoms with Gasteiger partial charge in [0, 0.05) is 28.7 Å². The minimum absolute atomic E-state index is 0.0506. The highest BCUT2D eigenvalue weighted by Gasteiger charge is 2.20. The van der Waals surface area contributed by atoms with E-state index in [-0.39, 0.29) is 10.8 Å². The number of amides is 1. The van der Waals surface area contributed by atoms with Crippen LogP contribution in [0.5, 0.6) is 0 Å². The van der Waals surface area contributed by atoms with E-state index < -0.39 is 10.0 Å². The van der Waals surface area contributed by atoms with Gasteiger partial charge in [0.05, 0.1) is 15.6 Å². The maximum absolute atomic E-state index is 12.8. The van der Waals surface area contributed by atoms with Crippen molar-refractivity contribution in [2.24, 2.45) is 0 Å². The molecule has 0 unspecified atom stereocenters. The lowest BCUT2D eigenvalue weighted by Crippen LogP contribution is -2.20. The first kappa shape index (κ1) is 17.7. The van der Waals surface area contributed by atoms with Crippen molar-refractivity contribution >= 4 is 38.6 Å². The van der Waals surface area contributed by atoms with Crippen LogP contribution in [0.4, 0.5) is 11.4 Å². The molecule has 1 aromatic heterocycles. The average molecular weight is 399 g/mol. The number of nitrogens with one attached hydrogen (secondary N) is 2. The second-order valence-electron chi connectivity index (χ2n) is 6.31. The van der Waals surface area contributed by atoms with Crippen molar-refractivity contribution in [3.05, 3.63) is 58.4 Å². The Morgan fingerprint density at radius 2 is 2.00 bits per heavy atom. The molecule has 27 heavy (non-hydrogen) atoms. The van der Waals surface area contributed by atoms with Crippen LogP contribution in [0, 0.1) is 6.92 Å². The summed E-state index contributed by atoms with van der Waals surface area (Å²) in [5, 5.41) is 5.66. The second-order valence-corrected chi connectivity index (χ2v) is 9.05. The number of anilines is 2. The molecule has 1 aliphatic heterocycles. The van der Waals surface area contributed by atoms with E-state index in [0.29, 0.717) is 24.2 Å². The van der Waals surface area contributed by atoms with Gasteiger partial charge >= 0.3 is 0 Å². The first-order chi connectivity index (χ1) is 12.9. The van der Waals surface area contributed by atoms with Crippen molar-refractivity contribution < 1.29 is 13.2 Å². The quantitative estimate of drug-likeness (QED) is 0.698. The molecule has 8 heteroatoms. The van der Waals surface area contributed by atoms with Crippen molar-refractivity contribution in [3.63, 3.8) is 0 Å². The third-order valence-corrected chi connectivity index (χ3v) is 6.46. The van der Waals surface area contributed by atoms with Gasteiger partial charge in [-0.15, -0.1) is 11.3 Å². The van der Waals surface area contributed by atoms with E-state index in [1.54, 1.807) is 41.7 Å². The summed E-state index contributed by atoms with van der Waals surface area (Å²) < 4.78 is 28.2. The molecule has 0 radical (unpaired) electrons. The van der Waals surface area contributed by atoms with Crippen molar-refractivity contribution in [1.29, 1.82) is 0 Å². The lowest BCUT2D eigenvalue weighted by molar-refractivity contribution is -0.116. The van der Waals surface area contributed by atoms with Gasteiger partial charge < -0.3 is 5.32 Å². The number of benzene rings is 2. The van der Waals surface area contributed by atoms with Crippen LogP contribution >= 0.6 is 11.3 Å². The lowest BCUT2D eigenvalue weighted by Gasteiger charge is -2.18. The molecule has 138 valence electrons. The predicted octanol–water partition coefficient (Wildman–Crippen LogP) is 3.80. The number of fused-ring (bicyclic) bond motifs is 1. The van der Waals surface area contributed by atoms with Gasteiger partial charge in [0.2, 0.25) is 5.91 Å². The van der Waals surface area contributed by atoms with E-state index in [1.807, 2.05) is 18.4 Å². The molecule has 0 aliphatic carbocycles. The van der Waals surface area contributed by atoms with Gasteiger partial charge in [0.1, 0.15) is 0 Å². The van der Waals surface area contributed by atoms with Crippen molar-refractivity contribution in [2.45, 2.75) is 24.7 Å². The third-order valence-electron chi connectivity index (χ3n) is 4.31. The number of hydrogen-bond donors (Lipinski definition) is 2. The summed E-state index contributed by atoms with van der Waals surface area (Å²) >= 11 is 1.55. The van der Waals surface area contributed by atoms with Gasteiger partial charge in [-0.05, 0) is 49.2 Å². The molecule has 0 saturated heterocycles. The molecule has 1 amide bonds. The summed E-state index contributed by atoms with van der Waals surface area (Å²) in [6.07, 6.45) is 0.891. The third kappa shape index (κ3) is 3.72. The molecule has 0 fully saturated rings. The summed E-state index contributed by atoms with van der Waals surface area (Å²) in [5.74, 6) is -0.0506. The van der Waals surface area contributed by atoms with Crippen molar-refractivity contribution in [1.82, 2.24) is 4.98 Å². The fourth-order valence-corrected chi connectivity index (χ4v) is 4.70. The largest absolute Gasteiger partial charge is 0.326 e. The molecule has 1 aliphatic rings. The van der Waals surface area contributed by atoms with Gasteiger partial charge in [0.25, 0.3) is 10.0 Å². The zero-order valence-electron chi connectivity index (χ0n) is 14.5. The highest BCUT2D eigenvalue weighted by Crippen LogP contribution is 2.28. The molecule has 6 nitrogen and oxygen atoms in total. The Balaban J connectivity index is 1.61. The summed E-state index contributed by atoms with van der Waals surface area (Å²) in [6.45, 7) is 1.93. The lowest BCUT2D eigenvalue weighted by atomic mass is 10.0. The Hall–Kier alpha value is -2.71. The fraction of sp³-hybridized carbons (Fsp3) is 0.158. The van der Waals surface area contributed by atoms with Crippen LogP contribution in [0.1, 0.15) is 17.0 Å². The fourth-order valence-electron chi connectivity index (χ4n) is 2.98. The summed E-state index contributed by atoms with van der Waals surface area (Å²) in [7, 11) is -3.73. The molecule has 0 atom stereocenters. The molecule has 2 aromatic carbocycles. The average Bonchev–Trinajstić information content (AvgIpc) is 3.07. The van der Waals surface area contributed by atoms with Gasteiger partial charge in [0.15, 0.2) is 0 Å². The van der Waals surface area contributed by atoms with Gasteiger partial charge in [-0.1, -0.05) is 12.1 Å². The number of carbonyl (C=O) groups excluding carboxylic acids is 1. The number of thiazole rings is 1. The number of aryl methyl sites for hydroxylation is 2. The molecule has 2 heterocycles. The van der Waals surface area contributed by atoms with E-state index in [4.69, 9.17) is 0 Å². The monoisotopic (exact) mass is 399 g/mol. The Morgan fingerprint density at radius 1 is 1.15 bits per heavy atom. The number of rotatable bonds is 4. The van der Waals surface area contributed by atoms with Gasteiger partial charge in [-0.2, -0.15) is 0 Å². The number of nitrogens with zero attached hydrogens (tertiary/aromatic N) is 1. The van der Waals surface area contributed by atoms with E-state index in [0.717, 1.165) is 21.8 Å². The van der Waals surface area contributed by atoms with Crippen molar-refractivity contribution in [3.8, 4) is 11.3 Å². The van der Waals surface area contributed by atoms with Crippen molar-refractivity contribution in [2.75, 3.05) is 10.0 Å². The number of carbonyl (C=O) groups is 1. The normalized spacial score (nSPS) is 13.7. The Labute approximate surface area is 161 Å². The maximum Gasteiger partial charge on any atom is 0.261 e. The Kier molecular flexibility index (Phi) is 4.45. The Bertz CT molecular complexity index is 1140. The minimum atomic E-state index is -3.73. The standard InChI is InChI=1S/C19H17N3O3S2/c1-12-20-18(11-26-12)13-3-2-4-15(9-13)22-27(24,25)16-6-7-17-14(10-16)5-8-19(23)21-17/h2-4,6-7,9-11,22H,5,8H2,1H3,(H,21,23). The molecule has 4 rings (SSSR count). The summed E-state index contributed by atoms with van der Waals surface area (Å²) in [6, 6.07) is 11.9. The van der Waals surface area contributed by atoms with E-state index in [9.17, 15) is 13.2 Å². The highest BCUT2D eigenvalue weighted by atomic mass is 32.2. The number of hydrogen-bond acceptors (Lipinski definition) is 5. The predicted molar refractivity (Wildman–Crippen MR) is 106 cm³/mol. The molecule has 0 saturated carbocycles. The second kappa shape index (κ2) is 6.79. The number of sulfonamides is 1. The zero-order valence-corrected chi connectivity index (χ0v) is 16.2. The first-order valence-electron chi connectivity index (χ1n) is 8.39. The molecular formula is C19H17N3O3S2. The number of aromatic nitrogens is 1. The maximum atomic E-state index is 12.8. The van der Waals surface area contributed by atoms with E-state index in [1.165, 1.54) is 6.07 Å². The van der Waals surface area contributed by atoms with Crippen LogP contribution in [0.3, 0.4) is 0 Å². The minimum Gasteiger partial charge on any atom is -0.326 e. The van der Waals surface area contributed by atoms with Crippen LogP contribution in [-0.2, 0) is 21.2 Å². The molecule has 0 bridgehead atoms. The van der Waals surface area contributed by atoms with Gasteiger partial charge in [-0.3, -0.25) is 9.52 Å². The molecule has 2 N–H and O–H groups in total. The summed E-state index contributed by atoms with van der Waals surface area (Å²) in [4.78, 5) is 16.1. The molecular weight excluding hydrogens is 382 g/mol. The van der Waals surface area contributed by atoms with Crippen LogP contribution < -0.4 is 10.0 Å². The topological polar surface area (TPSA) is 88.2 Å². The highest BCUT2D eigenvalue weighted by molar-refractivity contribution is 7.92. The van der Waals surface area contributed by atoms with Crippen LogP contribution in [-0.4, -0.2) is 19.3 Å². The first-order valence-corrected chi connectivity index (χ1v) is 10.8. The van der Waals surface area contributed by atoms with Gasteiger partial charge in [-0.25, -0.2) is 13.4 Å². The summed E-state index contributed by atoms with van der Waals surface area (Å²) in [5.41, 5.74) is 3.65. The smallest absolute Gasteiger partial charge is 0.261 e. The van der Waals surface area contributed by atoms with Crippen LogP contribution in [0.25, 0.3) is 11.3 Å². The Morgan fingerprint density at radius 3 is 2.78 bits per heavy atom.